The Bertz CT molecular complexity index is 124. The number of rotatable bonds is 0. The predicted octanol–water partition coefficient (Wildman–Crippen LogP) is 2.14. The van der Waals surface area contributed by atoms with Crippen LogP contribution in [0.3, 0.4) is 0 Å². The summed E-state index contributed by atoms with van der Waals surface area (Å²) in [4.78, 5) is 0. The van der Waals surface area contributed by atoms with Gasteiger partial charge < -0.3 is 0 Å². The highest BCUT2D eigenvalue weighted by Crippen LogP contribution is 2.34. The number of allylic oxidation sites excluding steroid dienone is 4. The van der Waals surface area contributed by atoms with Gasteiger partial charge >= 0.3 is 0 Å². The SMILES string of the molecule is C1=CCC2C=CC2C1. The zero-order valence-corrected chi connectivity index (χ0v) is 4.88. The van der Waals surface area contributed by atoms with Gasteiger partial charge in [0.15, 0.2) is 0 Å². The van der Waals surface area contributed by atoms with Crippen LogP contribution in [0, 0.1) is 11.8 Å². The molecule has 0 nitrogen and oxygen atoms in total. The van der Waals surface area contributed by atoms with Gasteiger partial charge in [0.1, 0.15) is 0 Å². The molecule has 42 valence electrons. The molecule has 0 radical (unpaired) electrons. The summed E-state index contributed by atoms with van der Waals surface area (Å²) in [6.07, 6.45) is 11.8. The van der Waals surface area contributed by atoms with Crippen LogP contribution < -0.4 is 0 Å². The Morgan fingerprint density at radius 2 is 1.38 bits per heavy atom. The number of hydrogen-bond donors (Lipinski definition) is 0. The van der Waals surface area contributed by atoms with Gasteiger partial charge in [-0.3, -0.25) is 0 Å². The topological polar surface area (TPSA) is 0 Å². The van der Waals surface area contributed by atoms with Gasteiger partial charge in [0.25, 0.3) is 0 Å². The van der Waals surface area contributed by atoms with Gasteiger partial charge in [-0.15, -0.1) is 0 Å². The van der Waals surface area contributed by atoms with Gasteiger partial charge in [0.2, 0.25) is 0 Å². The van der Waals surface area contributed by atoms with Crippen LogP contribution in [0.2, 0.25) is 0 Å². The molecule has 0 spiro atoms. The van der Waals surface area contributed by atoms with E-state index in [1.165, 1.54) is 12.8 Å². The van der Waals surface area contributed by atoms with Crippen molar-refractivity contribution in [2.24, 2.45) is 11.8 Å². The minimum absolute atomic E-state index is 0.917. The molecule has 2 aliphatic carbocycles. The largest absolute Gasteiger partial charge is 0.0879 e. The van der Waals surface area contributed by atoms with Crippen molar-refractivity contribution >= 4 is 0 Å². The molecule has 0 saturated heterocycles. The third-order valence-electron chi connectivity index (χ3n) is 2.14. The molecule has 0 bridgehead atoms. The second-order valence-corrected chi connectivity index (χ2v) is 2.66. The molecule has 8 heavy (non-hydrogen) atoms. The maximum atomic E-state index is 2.33. The molecule has 2 atom stereocenters. The summed E-state index contributed by atoms with van der Waals surface area (Å²) in [5.74, 6) is 1.83. The first-order valence-electron chi connectivity index (χ1n) is 3.30. The Kier molecular flexibility index (Phi) is 0.806. The average molecular weight is 106 g/mol. The van der Waals surface area contributed by atoms with E-state index < -0.39 is 0 Å². The van der Waals surface area contributed by atoms with E-state index in [9.17, 15) is 0 Å². The first kappa shape index (κ1) is 4.37. The monoisotopic (exact) mass is 106 g/mol. The summed E-state index contributed by atoms with van der Waals surface area (Å²) in [5, 5.41) is 0. The van der Waals surface area contributed by atoms with E-state index in [1.54, 1.807) is 0 Å². The lowest BCUT2D eigenvalue weighted by Crippen LogP contribution is -2.19. The van der Waals surface area contributed by atoms with Crippen LogP contribution in [0.25, 0.3) is 0 Å². The molecule has 0 aromatic heterocycles. The third kappa shape index (κ3) is 0.459. The van der Waals surface area contributed by atoms with Crippen molar-refractivity contribution in [1.29, 1.82) is 0 Å². The van der Waals surface area contributed by atoms with Gasteiger partial charge in [-0.05, 0) is 24.7 Å². The minimum atomic E-state index is 0.917. The van der Waals surface area contributed by atoms with E-state index in [-0.39, 0.29) is 0 Å². The van der Waals surface area contributed by atoms with E-state index in [1.807, 2.05) is 0 Å². The van der Waals surface area contributed by atoms with Gasteiger partial charge in [0, 0.05) is 0 Å². The Labute approximate surface area is 49.9 Å². The van der Waals surface area contributed by atoms with Crippen LogP contribution in [0.1, 0.15) is 12.8 Å². The van der Waals surface area contributed by atoms with Crippen LogP contribution in [-0.2, 0) is 0 Å². The fourth-order valence-electron chi connectivity index (χ4n) is 1.44. The standard InChI is InChI=1S/C8H10/c1-2-4-8-6-5-7(8)3-1/h1-2,5-8H,3-4H2. The summed E-state index contributed by atoms with van der Waals surface area (Å²) in [6, 6.07) is 0. The number of fused-ring (bicyclic) bond motifs is 1. The van der Waals surface area contributed by atoms with Crippen LogP contribution in [0.4, 0.5) is 0 Å². The van der Waals surface area contributed by atoms with Crippen LogP contribution >= 0.6 is 0 Å². The molecule has 0 aromatic carbocycles. The van der Waals surface area contributed by atoms with Crippen molar-refractivity contribution in [1.82, 2.24) is 0 Å². The molecule has 2 aliphatic rings. The Hall–Kier alpha value is -0.520. The van der Waals surface area contributed by atoms with Crippen molar-refractivity contribution in [3.63, 3.8) is 0 Å². The molecular formula is C8H10. The highest BCUT2D eigenvalue weighted by atomic mass is 14.3. The van der Waals surface area contributed by atoms with Crippen molar-refractivity contribution in [3.8, 4) is 0 Å². The first-order valence-corrected chi connectivity index (χ1v) is 3.30. The van der Waals surface area contributed by atoms with E-state index in [2.05, 4.69) is 24.3 Å². The summed E-state index contributed by atoms with van der Waals surface area (Å²) in [5.41, 5.74) is 0. The lowest BCUT2D eigenvalue weighted by atomic mass is 9.75. The molecule has 0 aromatic rings. The van der Waals surface area contributed by atoms with Gasteiger partial charge in [0.05, 0.1) is 0 Å². The maximum Gasteiger partial charge on any atom is -0.0133 e. The lowest BCUT2D eigenvalue weighted by Gasteiger charge is -2.30. The molecule has 0 saturated carbocycles. The van der Waals surface area contributed by atoms with Crippen molar-refractivity contribution in [3.05, 3.63) is 24.3 Å². The quantitative estimate of drug-likeness (QED) is 0.415. The smallest absolute Gasteiger partial charge is 0.0133 e. The second kappa shape index (κ2) is 1.48. The zero-order chi connectivity index (χ0) is 5.40. The van der Waals surface area contributed by atoms with Crippen molar-refractivity contribution in [2.45, 2.75) is 12.8 Å². The van der Waals surface area contributed by atoms with E-state index in [0.717, 1.165) is 11.8 Å². The van der Waals surface area contributed by atoms with Crippen LogP contribution in [0.5, 0.6) is 0 Å². The summed E-state index contributed by atoms with van der Waals surface area (Å²) >= 11 is 0. The predicted molar refractivity (Wildman–Crippen MR) is 34.5 cm³/mol. The zero-order valence-electron chi connectivity index (χ0n) is 4.88. The summed E-state index contributed by atoms with van der Waals surface area (Å²) in [7, 11) is 0. The molecule has 0 fully saturated rings. The van der Waals surface area contributed by atoms with E-state index >= 15 is 0 Å². The lowest BCUT2D eigenvalue weighted by molar-refractivity contribution is 0.417. The van der Waals surface area contributed by atoms with Gasteiger partial charge in [-0.1, -0.05) is 24.3 Å². The molecule has 0 amide bonds. The third-order valence-corrected chi connectivity index (χ3v) is 2.14. The number of hydrogen-bond acceptors (Lipinski definition) is 0. The highest BCUT2D eigenvalue weighted by Gasteiger charge is 2.23. The van der Waals surface area contributed by atoms with E-state index in [4.69, 9.17) is 0 Å². The normalized spacial score (nSPS) is 41.0. The highest BCUT2D eigenvalue weighted by molar-refractivity contribution is 5.15. The molecule has 0 N–H and O–H groups in total. The Balaban J connectivity index is 2.15. The summed E-state index contributed by atoms with van der Waals surface area (Å²) in [6.45, 7) is 0. The first-order chi connectivity index (χ1) is 3.97. The molecular weight excluding hydrogens is 96.1 g/mol. The minimum Gasteiger partial charge on any atom is -0.0879 e. The summed E-state index contributed by atoms with van der Waals surface area (Å²) < 4.78 is 0. The maximum absolute atomic E-state index is 2.33. The van der Waals surface area contributed by atoms with Crippen molar-refractivity contribution in [2.75, 3.05) is 0 Å². The fourth-order valence-corrected chi connectivity index (χ4v) is 1.44. The Morgan fingerprint density at radius 1 is 0.875 bits per heavy atom. The molecule has 2 unspecified atom stereocenters. The fraction of sp³-hybridized carbons (Fsp3) is 0.500. The van der Waals surface area contributed by atoms with Gasteiger partial charge in [-0.25, -0.2) is 0 Å². The van der Waals surface area contributed by atoms with Crippen molar-refractivity contribution < 1.29 is 0 Å². The molecule has 0 heteroatoms. The van der Waals surface area contributed by atoms with Crippen LogP contribution in [0.15, 0.2) is 24.3 Å². The van der Waals surface area contributed by atoms with Gasteiger partial charge in [-0.2, -0.15) is 0 Å². The average Bonchev–Trinajstić information content (AvgIpc) is 1.72. The molecule has 2 rings (SSSR count). The van der Waals surface area contributed by atoms with Crippen LogP contribution in [-0.4, -0.2) is 0 Å². The molecule has 0 aliphatic heterocycles. The van der Waals surface area contributed by atoms with E-state index in [0.29, 0.717) is 0 Å². The second-order valence-electron chi connectivity index (χ2n) is 2.66. The molecule has 0 heterocycles. The Morgan fingerprint density at radius 3 is 1.62 bits per heavy atom.